The zero-order valence-electron chi connectivity index (χ0n) is 12.6. The summed E-state index contributed by atoms with van der Waals surface area (Å²) in [4.78, 5) is 25.2. The van der Waals surface area contributed by atoms with Crippen LogP contribution in [0.5, 0.6) is 0 Å². The molecule has 0 atom stereocenters. The summed E-state index contributed by atoms with van der Waals surface area (Å²) < 4.78 is 19.1. The second-order valence-corrected chi connectivity index (χ2v) is 6.97. The molecule has 0 saturated heterocycles. The topological polar surface area (TPSA) is 55.4 Å². The summed E-state index contributed by atoms with van der Waals surface area (Å²) >= 11 is 4.47. The Bertz CT molecular complexity index is 745. The van der Waals surface area contributed by atoms with Crippen LogP contribution in [0, 0.1) is 12.7 Å². The highest BCUT2D eigenvalue weighted by atomic mass is 79.9. The van der Waals surface area contributed by atoms with E-state index >= 15 is 0 Å². The lowest BCUT2D eigenvalue weighted by Crippen LogP contribution is -2.21. The first kappa shape index (κ1) is 17.6. The number of halogens is 2. The summed E-state index contributed by atoms with van der Waals surface area (Å²) in [6, 6.07) is 6.04. The third kappa shape index (κ3) is 4.62. The Morgan fingerprint density at radius 3 is 2.70 bits per heavy atom. The number of amides is 1. The Balaban J connectivity index is 1.91. The molecule has 1 N–H and O–H groups in total. The van der Waals surface area contributed by atoms with E-state index in [1.165, 1.54) is 23.5 Å². The highest BCUT2D eigenvalue weighted by Gasteiger charge is 2.15. The SMILES string of the molecule is CCc1cc(C(=O)OCC(=O)Nc2ccc(Br)cc2F)sc1C. The average molecular weight is 400 g/mol. The lowest BCUT2D eigenvalue weighted by molar-refractivity contribution is -0.119. The van der Waals surface area contributed by atoms with Crippen LogP contribution in [0.3, 0.4) is 0 Å². The van der Waals surface area contributed by atoms with Crippen LogP contribution in [0.25, 0.3) is 0 Å². The van der Waals surface area contributed by atoms with E-state index in [9.17, 15) is 14.0 Å². The van der Waals surface area contributed by atoms with Crippen molar-refractivity contribution in [2.24, 2.45) is 0 Å². The fourth-order valence-corrected chi connectivity index (χ4v) is 3.29. The van der Waals surface area contributed by atoms with Crippen molar-refractivity contribution in [1.82, 2.24) is 0 Å². The third-order valence-electron chi connectivity index (χ3n) is 3.14. The number of rotatable bonds is 5. The number of carbonyl (C=O) groups excluding carboxylic acids is 2. The molecule has 2 aromatic rings. The van der Waals surface area contributed by atoms with Crippen LogP contribution < -0.4 is 5.32 Å². The summed E-state index contributed by atoms with van der Waals surface area (Å²) in [7, 11) is 0. The molecule has 1 heterocycles. The Kier molecular flexibility index (Phi) is 5.90. The maximum Gasteiger partial charge on any atom is 0.348 e. The van der Waals surface area contributed by atoms with Gasteiger partial charge in [-0.25, -0.2) is 9.18 Å². The summed E-state index contributed by atoms with van der Waals surface area (Å²) in [5, 5.41) is 2.36. The number of thiophene rings is 1. The molecule has 0 aliphatic heterocycles. The van der Waals surface area contributed by atoms with E-state index in [4.69, 9.17) is 4.74 Å². The molecule has 1 aromatic heterocycles. The minimum absolute atomic E-state index is 0.0366. The maximum absolute atomic E-state index is 13.6. The maximum atomic E-state index is 13.6. The van der Waals surface area contributed by atoms with Gasteiger partial charge in [-0.3, -0.25) is 4.79 Å². The van der Waals surface area contributed by atoms with Gasteiger partial charge in [-0.1, -0.05) is 22.9 Å². The molecular weight excluding hydrogens is 385 g/mol. The monoisotopic (exact) mass is 399 g/mol. The number of esters is 1. The first-order valence-corrected chi connectivity index (χ1v) is 8.53. The first-order chi connectivity index (χ1) is 10.9. The number of anilines is 1. The predicted octanol–water partition coefficient (Wildman–Crippen LogP) is 4.32. The van der Waals surface area contributed by atoms with Crippen LogP contribution in [0.2, 0.25) is 0 Å². The molecule has 4 nitrogen and oxygen atoms in total. The van der Waals surface area contributed by atoms with Crippen molar-refractivity contribution in [2.45, 2.75) is 20.3 Å². The van der Waals surface area contributed by atoms with Gasteiger partial charge in [0.25, 0.3) is 5.91 Å². The van der Waals surface area contributed by atoms with Crippen LogP contribution in [0.1, 0.15) is 27.0 Å². The normalized spacial score (nSPS) is 10.4. The first-order valence-electron chi connectivity index (χ1n) is 6.92. The van der Waals surface area contributed by atoms with Crippen LogP contribution in [0.4, 0.5) is 10.1 Å². The minimum atomic E-state index is -0.594. The van der Waals surface area contributed by atoms with Gasteiger partial charge in [-0.2, -0.15) is 0 Å². The molecule has 0 aliphatic carbocycles. The quantitative estimate of drug-likeness (QED) is 0.761. The number of hydrogen-bond donors (Lipinski definition) is 1. The van der Waals surface area contributed by atoms with Gasteiger partial charge >= 0.3 is 5.97 Å². The van der Waals surface area contributed by atoms with E-state index in [1.807, 2.05) is 13.8 Å². The smallest absolute Gasteiger partial charge is 0.348 e. The largest absolute Gasteiger partial charge is 0.451 e. The Morgan fingerprint density at radius 2 is 2.09 bits per heavy atom. The molecule has 0 spiro atoms. The van der Waals surface area contributed by atoms with Crippen LogP contribution in [-0.4, -0.2) is 18.5 Å². The van der Waals surface area contributed by atoms with Crippen molar-refractivity contribution < 1.29 is 18.7 Å². The molecule has 1 amide bonds. The highest BCUT2D eigenvalue weighted by Crippen LogP contribution is 2.23. The summed E-state index contributed by atoms with van der Waals surface area (Å²) in [5.41, 5.74) is 1.12. The lowest BCUT2D eigenvalue weighted by Gasteiger charge is -2.07. The summed E-state index contributed by atoms with van der Waals surface area (Å²) in [6.45, 7) is 3.47. The Hall–Kier alpha value is -1.73. The van der Waals surface area contributed by atoms with Crippen molar-refractivity contribution in [2.75, 3.05) is 11.9 Å². The van der Waals surface area contributed by atoms with E-state index in [1.54, 1.807) is 12.1 Å². The molecular formula is C16H15BrFNO3S. The molecule has 0 unspecified atom stereocenters. The average Bonchev–Trinajstić information content (AvgIpc) is 2.89. The number of aryl methyl sites for hydroxylation is 2. The van der Waals surface area contributed by atoms with E-state index in [2.05, 4.69) is 21.2 Å². The molecule has 23 heavy (non-hydrogen) atoms. The predicted molar refractivity (Wildman–Crippen MR) is 91.4 cm³/mol. The van der Waals surface area contributed by atoms with Gasteiger partial charge in [0.1, 0.15) is 10.7 Å². The van der Waals surface area contributed by atoms with E-state index < -0.39 is 24.3 Å². The standard InChI is InChI=1S/C16H15BrFNO3S/c1-3-10-6-14(23-9(10)2)16(21)22-8-15(20)19-13-5-4-11(17)7-12(13)18/h4-7H,3,8H2,1-2H3,(H,19,20). The highest BCUT2D eigenvalue weighted by molar-refractivity contribution is 9.10. The fraction of sp³-hybridized carbons (Fsp3) is 0.250. The van der Waals surface area contributed by atoms with Gasteiger partial charge in [0.05, 0.1) is 5.69 Å². The van der Waals surface area contributed by atoms with E-state index in [0.29, 0.717) is 9.35 Å². The van der Waals surface area contributed by atoms with Gasteiger partial charge in [0, 0.05) is 9.35 Å². The minimum Gasteiger partial charge on any atom is -0.451 e. The number of nitrogens with one attached hydrogen (secondary N) is 1. The second-order valence-electron chi connectivity index (χ2n) is 4.79. The zero-order valence-corrected chi connectivity index (χ0v) is 15.0. The van der Waals surface area contributed by atoms with Crippen molar-refractivity contribution in [1.29, 1.82) is 0 Å². The van der Waals surface area contributed by atoms with Crippen LogP contribution in [-0.2, 0) is 16.0 Å². The molecule has 0 bridgehead atoms. The number of benzene rings is 1. The summed E-state index contributed by atoms with van der Waals surface area (Å²) in [5.74, 6) is -1.71. The van der Waals surface area contributed by atoms with Gasteiger partial charge in [0.2, 0.25) is 0 Å². The van der Waals surface area contributed by atoms with Gasteiger partial charge in [-0.15, -0.1) is 11.3 Å². The molecule has 122 valence electrons. The molecule has 0 fully saturated rings. The van der Waals surface area contributed by atoms with Gasteiger partial charge in [-0.05, 0) is 43.2 Å². The molecule has 7 heteroatoms. The zero-order chi connectivity index (χ0) is 17.0. The van der Waals surface area contributed by atoms with Crippen LogP contribution in [0.15, 0.2) is 28.7 Å². The molecule has 0 aliphatic rings. The van der Waals surface area contributed by atoms with Crippen molar-refractivity contribution in [3.05, 3.63) is 49.9 Å². The number of ether oxygens (including phenoxy) is 1. The van der Waals surface area contributed by atoms with Gasteiger partial charge < -0.3 is 10.1 Å². The molecule has 0 saturated carbocycles. The Labute approximate surface area is 145 Å². The molecule has 1 aromatic carbocycles. The molecule has 2 rings (SSSR count). The molecule has 0 radical (unpaired) electrons. The van der Waals surface area contributed by atoms with Crippen molar-refractivity contribution in [3.63, 3.8) is 0 Å². The fourth-order valence-electron chi connectivity index (χ4n) is 1.95. The third-order valence-corrected chi connectivity index (χ3v) is 4.71. The Morgan fingerprint density at radius 1 is 1.35 bits per heavy atom. The number of carbonyl (C=O) groups is 2. The lowest BCUT2D eigenvalue weighted by atomic mass is 10.2. The van der Waals surface area contributed by atoms with Crippen molar-refractivity contribution >= 4 is 44.8 Å². The van der Waals surface area contributed by atoms with Crippen LogP contribution >= 0.6 is 27.3 Å². The van der Waals surface area contributed by atoms with Gasteiger partial charge in [0.15, 0.2) is 6.61 Å². The van der Waals surface area contributed by atoms with E-state index in [0.717, 1.165) is 16.9 Å². The summed E-state index contributed by atoms with van der Waals surface area (Å²) in [6.07, 6.45) is 0.832. The second kappa shape index (κ2) is 7.70. The van der Waals surface area contributed by atoms with Crippen molar-refractivity contribution in [3.8, 4) is 0 Å². The number of hydrogen-bond acceptors (Lipinski definition) is 4. The van der Waals surface area contributed by atoms with E-state index in [-0.39, 0.29) is 5.69 Å².